The lowest BCUT2D eigenvalue weighted by Crippen LogP contribution is -2.69. The van der Waals surface area contributed by atoms with Crippen LogP contribution in [0, 0.1) is 0 Å². The third kappa shape index (κ3) is 7.92. The van der Waals surface area contributed by atoms with Crippen molar-refractivity contribution in [2.45, 2.75) is 144 Å². The number of ether oxygens (including phenoxy) is 7. The number of hydrogen-bond donors (Lipinski definition) is 11. The SMILES string of the molecule is CC(=O)N[C@H]1[C@@H](O[C@@H]2C(O)O[C@H](CO)[C@@H](O)[C@@H]2O)O[C@H](CO)[C@H](O)[C@@H]1O[C@@H]1O[C@@H](C)[C@@H](OC2O[C@H](C)[C@@H](O)C[C@H]2O)[C@@H](O)[C@@H]1O. The third-order valence-electron chi connectivity index (χ3n) is 8.40. The van der Waals surface area contributed by atoms with E-state index >= 15 is 0 Å². The first-order valence-electron chi connectivity index (χ1n) is 14.7. The van der Waals surface area contributed by atoms with Crippen molar-refractivity contribution in [2.75, 3.05) is 13.2 Å². The fraction of sp³-hybridized carbons (Fsp3) is 0.962. The minimum atomic E-state index is -1.89. The van der Waals surface area contributed by atoms with Crippen LogP contribution in [0.5, 0.6) is 0 Å². The Morgan fingerprint density at radius 2 is 1.20 bits per heavy atom. The summed E-state index contributed by atoms with van der Waals surface area (Å²) in [7, 11) is 0. The zero-order chi connectivity index (χ0) is 33.3. The van der Waals surface area contributed by atoms with Crippen LogP contribution >= 0.6 is 0 Å². The highest BCUT2D eigenvalue weighted by molar-refractivity contribution is 5.73. The Hall–Kier alpha value is -1.21. The van der Waals surface area contributed by atoms with Crippen molar-refractivity contribution < 1.29 is 89.0 Å². The Balaban J connectivity index is 1.52. The first kappa shape index (κ1) is 36.6. The van der Waals surface area contributed by atoms with E-state index in [1.807, 2.05) is 0 Å². The second kappa shape index (κ2) is 15.3. The molecule has 19 atom stereocenters. The van der Waals surface area contributed by atoms with Gasteiger partial charge in [-0.05, 0) is 13.8 Å². The second-order valence-electron chi connectivity index (χ2n) is 11.7. The van der Waals surface area contributed by atoms with E-state index in [-0.39, 0.29) is 6.42 Å². The molecule has 0 bridgehead atoms. The Bertz CT molecular complexity index is 965. The van der Waals surface area contributed by atoms with Gasteiger partial charge in [-0.1, -0.05) is 0 Å². The van der Waals surface area contributed by atoms with Gasteiger partial charge in [-0.2, -0.15) is 0 Å². The predicted octanol–water partition coefficient (Wildman–Crippen LogP) is -6.52. The highest BCUT2D eigenvalue weighted by atomic mass is 16.8. The first-order chi connectivity index (χ1) is 21.2. The molecule has 0 aromatic heterocycles. The van der Waals surface area contributed by atoms with Crippen LogP contribution in [0.1, 0.15) is 27.2 Å². The lowest BCUT2D eigenvalue weighted by atomic mass is 9.94. The van der Waals surface area contributed by atoms with Crippen molar-refractivity contribution in [1.82, 2.24) is 5.32 Å². The lowest BCUT2D eigenvalue weighted by molar-refractivity contribution is -0.374. The smallest absolute Gasteiger partial charge is 0.217 e. The molecule has 45 heavy (non-hydrogen) atoms. The van der Waals surface area contributed by atoms with Gasteiger partial charge in [0, 0.05) is 13.3 Å². The normalized spacial score (nSPS) is 51.1. The largest absolute Gasteiger partial charge is 0.394 e. The zero-order valence-electron chi connectivity index (χ0n) is 24.8. The fourth-order valence-electron chi connectivity index (χ4n) is 5.79. The maximum Gasteiger partial charge on any atom is 0.217 e. The van der Waals surface area contributed by atoms with E-state index in [1.54, 1.807) is 6.92 Å². The number of amides is 1. The van der Waals surface area contributed by atoms with Gasteiger partial charge in [0.25, 0.3) is 0 Å². The summed E-state index contributed by atoms with van der Waals surface area (Å²) in [6.45, 7) is 2.61. The molecule has 2 unspecified atom stereocenters. The summed E-state index contributed by atoms with van der Waals surface area (Å²) >= 11 is 0. The molecule has 0 aromatic carbocycles. The molecule has 19 heteroatoms. The molecule has 4 heterocycles. The molecule has 0 saturated carbocycles. The van der Waals surface area contributed by atoms with Crippen LogP contribution < -0.4 is 5.32 Å². The molecule has 4 fully saturated rings. The number of nitrogens with one attached hydrogen (secondary N) is 1. The number of aliphatic hydroxyl groups is 10. The van der Waals surface area contributed by atoms with Crippen molar-refractivity contribution in [2.24, 2.45) is 0 Å². The summed E-state index contributed by atoms with van der Waals surface area (Å²) < 4.78 is 39.3. The van der Waals surface area contributed by atoms with E-state index in [1.165, 1.54) is 6.92 Å². The predicted molar refractivity (Wildman–Crippen MR) is 141 cm³/mol. The maximum absolute atomic E-state index is 12.2. The van der Waals surface area contributed by atoms with E-state index in [9.17, 15) is 55.9 Å². The summed E-state index contributed by atoms with van der Waals surface area (Å²) in [6, 6.07) is -1.47. The highest BCUT2D eigenvalue weighted by Gasteiger charge is 2.54. The van der Waals surface area contributed by atoms with Gasteiger partial charge in [-0.15, -0.1) is 0 Å². The topological polar surface area (TPSA) is 296 Å². The van der Waals surface area contributed by atoms with Gasteiger partial charge < -0.3 is 89.5 Å². The molecule has 19 nitrogen and oxygen atoms in total. The number of hydrogen-bond acceptors (Lipinski definition) is 18. The van der Waals surface area contributed by atoms with Gasteiger partial charge in [0.15, 0.2) is 25.2 Å². The van der Waals surface area contributed by atoms with Crippen LogP contribution in [-0.2, 0) is 38.0 Å². The molecule has 0 radical (unpaired) electrons. The highest BCUT2D eigenvalue weighted by Crippen LogP contribution is 2.34. The van der Waals surface area contributed by atoms with Gasteiger partial charge in [-0.3, -0.25) is 4.79 Å². The lowest BCUT2D eigenvalue weighted by Gasteiger charge is -2.49. The molecule has 0 aromatic rings. The Labute approximate surface area is 257 Å². The van der Waals surface area contributed by atoms with Crippen molar-refractivity contribution in [1.29, 1.82) is 0 Å². The molecular weight excluding hydrogens is 614 g/mol. The van der Waals surface area contributed by atoms with Crippen LogP contribution in [0.15, 0.2) is 0 Å². The monoisotopic (exact) mass is 659 g/mol. The number of carbonyl (C=O) groups excluding carboxylic acids is 1. The Morgan fingerprint density at radius 1 is 0.644 bits per heavy atom. The maximum atomic E-state index is 12.2. The van der Waals surface area contributed by atoms with Crippen LogP contribution in [-0.4, -0.2) is 187 Å². The summed E-state index contributed by atoms with van der Waals surface area (Å²) in [4.78, 5) is 12.2. The third-order valence-corrected chi connectivity index (χ3v) is 8.40. The summed E-state index contributed by atoms with van der Waals surface area (Å²) in [6.07, 6.45) is -26.5. The first-order valence-corrected chi connectivity index (χ1v) is 14.7. The molecule has 1 amide bonds. The average Bonchev–Trinajstić information content (AvgIpc) is 2.98. The molecular formula is C26H45NO18. The van der Waals surface area contributed by atoms with Gasteiger partial charge in [0.05, 0.1) is 31.5 Å². The molecule has 262 valence electrons. The number of rotatable bonds is 9. The molecule has 4 rings (SSSR count). The summed E-state index contributed by atoms with van der Waals surface area (Å²) in [5, 5.41) is 106. The van der Waals surface area contributed by atoms with Crippen molar-refractivity contribution >= 4 is 5.91 Å². The van der Waals surface area contributed by atoms with Crippen molar-refractivity contribution in [3.63, 3.8) is 0 Å². The van der Waals surface area contributed by atoms with Crippen LogP contribution in [0.3, 0.4) is 0 Å². The van der Waals surface area contributed by atoms with Gasteiger partial charge in [-0.25, -0.2) is 0 Å². The van der Waals surface area contributed by atoms with Crippen LogP contribution in [0.4, 0.5) is 0 Å². The summed E-state index contributed by atoms with van der Waals surface area (Å²) in [5.41, 5.74) is 0. The van der Waals surface area contributed by atoms with Gasteiger partial charge in [0.1, 0.15) is 73.2 Å². The fourth-order valence-corrected chi connectivity index (χ4v) is 5.79. The van der Waals surface area contributed by atoms with E-state index in [2.05, 4.69) is 5.32 Å². The number of aliphatic hydroxyl groups excluding tert-OH is 10. The average molecular weight is 660 g/mol. The van der Waals surface area contributed by atoms with Gasteiger partial charge in [0.2, 0.25) is 5.91 Å². The molecule has 4 aliphatic rings. The Kier molecular flexibility index (Phi) is 12.5. The quantitative estimate of drug-likeness (QED) is 0.110. The van der Waals surface area contributed by atoms with Gasteiger partial charge >= 0.3 is 0 Å². The Morgan fingerprint density at radius 3 is 1.82 bits per heavy atom. The van der Waals surface area contributed by atoms with E-state index < -0.39 is 136 Å². The van der Waals surface area contributed by atoms with E-state index in [0.717, 1.165) is 6.92 Å². The van der Waals surface area contributed by atoms with E-state index in [0.29, 0.717) is 0 Å². The number of carbonyl (C=O) groups is 1. The molecule has 0 aliphatic carbocycles. The zero-order valence-corrected chi connectivity index (χ0v) is 24.8. The van der Waals surface area contributed by atoms with Crippen LogP contribution in [0.25, 0.3) is 0 Å². The molecule has 0 spiro atoms. The van der Waals surface area contributed by atoms with Crippen LogP contribution in [0.2, 0.25) is 0 Å². The van der Waals surface area contributed by atoms with Crippen molar-refractivity contribution in [3.8, 4) is 0 Å². The minimum absolute atomic E-state index is 0.0539. The second-order valence-corrected chi connectivity index (χ2v) is 11.7. The van der Waals surface area contributed by atoms with E-state index in [4.69, 9.17) is 33.2 Å². The minimum Gasteiger partial charge on any atom is -0.394 e. The molecule has 4 aliphatic heterocycles. The molecule has 4 saturated heterocycles. The standard InChI is InChI=1S/C26H45NO18/c1-7-10(31)4-11(32)24(39-7)43-20-8(2)40-26(19(37)18(20)36)44-21-14(27-9(3)30)25(42-13(6-29)16(21)34)45-22-17(35)15(33)12(5-28)41-23(22)38/h7-8,10-26,28-29,31-38H,4-6H2,1-3H3,(H,27,30)/t7-,8+,10+,11-,12-,13-,14-,15-,16+,17+,18+,19+,20-,21-,22+,23?,24?,25-,26+/m1/s1. The van der Waals surface area contributed by atoms with Crippen molar-refractivity contribution in [3.05, 3.63) is 0 Å². The molecule has 11 N–H and O–H groups in total. The summed E-state index contributed by atoms with van der Waals surface area (Å²) in [5.74, 6) is -0.681.